The van der Waals surface area contributed by atoms with Gasteiger partial charge in [-0.05, 0) is 37.5 Å². The van der Waals surface area contributed by atoms with E-state index >= 15 is 0 Å². The quantitative estimate of drug-likeness (QED) is 0.853. The first-order chi connectivity index (χ1) is 11.3. The molecule has 2 atom stereocenters. The molecule has 2 aliphatic heterocycles. The van der Waals surface area contributed by atoms with Crippen molar-refractivity contribution in [1.29, 1.82) is 0 Å². The molecule has 23 heavy (non-hydrogen) atoms. The number of carbonyl (C=O) groups excluding carboxylic acids is 1. The number of fused-ring (bicyclic) bond motifs is 1. The number of likely N-dealkylation sites (tertiary alicyclic amines) is 1. The first kappa shape index (κ1) is 14.4. The zero-order valence-corrected chi connectivity index (χ0v) is 13.4. The minimum atomic E-state index is -0.0687. The van der Waals surface area contributed by atoms with E-state index in [1.165, 1.54) is 5.69 Å². The molecular formula is C19H22N2O2. The Balaban J connectivity index is 1.63. The van der Waals surface area contributed by atoms with Gasteiger partial charge in [0.15, 0.2) is 0 Å². The first-order valence-corrected chi connectivity index (χ1v) is 8.39. The Hall–Kier alpha value is -2.23. The van der Waals surface area contributed by atoms with Crippen molar-refractivity contribution >= 4 is 5.91 Å². The maximum Gasteiger partial charge on any atom is 0.230 e. The van der Waals surface area contributed by atoms with E-state index in [1.807, 2.05) is 24.3 Å². The summed E-state index contributed by atoms with van der Waals surface area (Å²) < 4.78 is 7.84. The molecule has 4 rings (SSSR count). The Morgan fingerprint density at radius 3 is 2.87 bits per heavy atom. The number of carbonyl (C=O) groups is 1. The molecule has 0 bridgehead atoms. The predicted molar refractivity (Wildman–Crippen MR) is 88.4 cm³/mol. The van der Waals surface area contributed by atoms with E-state index in [-0.39, 0.29) is 17.9 Å². The van der Waals surface area contributed by atoms with Gasteiger partial charge in [0.25, 0.3) is 0 Å². The number of aryl methyl sites for hydroxylation is 1. The van der Waals surface area contributed by atoms with E-state index in [9.17, 15) is 4.79 Å². The van der Waals surface area contributed by atoms with E-state index in [2.05, 4.69) is 34.8 Å². The lowest BCUT2D eigenvalue weighted by molar-refractivity contribution is -0.134. The Labute approximate surface area is 136 Å². The summed E-state index contributed by atoms with van der Waals surface area (Å²) in [4.78, 5) is 15.3. The van der Waals surface area contributed by atoms with Crippen molar-refractivity contribution in [3.63, 3.8) is 0 Å². The monoisotopic (exact) mass is 310 g/mol. The van der Waals surface area contributed by atoms with Gasteiger partial charge < -0.3 is 14.2 Å². The van der Waals surface area contributed by atoms with Crippen LogP contribution in [0.25, 0.3) is 0 Å². The van der Waals surface area contributed by atoms with E-state index in [0.717, 1.165) is 37.1 Å². The number of hydrogen-bond acceptors (Lipinski definition) is 2. The number of benzene rings is 1. The average Bonchev–Trinajstić information content (AvgIpc) is 3.22. The van der Waals surface area contributed by atoms with Crippen molar-refractivity contribution < 1.29 is 9.53 Å². The SMILES string of the molecule is Cn1cccc1[C@@H]1CCCN1C(=O)[C@@H]1CCOc2ccccc21. The molecule has 0 spiro atoms. The van der Waals surface area contributed by atoms with Crippen LogP contribution < -0.4 is 4.74 Å². The molecule has 2 aromatic rings. The van der Waals surface area contributed by atoms with E-state index < -0.39 is 0 Å². The molecule has 0 saturated carbocycles. The van der Waals surface area contributed by atoms with Crippen LogP contribution in [-0.4, -0.2) is 28.5 Å². The molecule has 2 aliphatic rings. The second kappa shape index (κ2) is 5.76. The third-order valence-corrected chi connectivity index (χ3v) is 5.12. The van der Waals surface area contributed by atoms with Crippen molar-refractivity contribution in [2.75, 3.05) is 13.2 Å². The van der Waals surface area contributed by atoms with Crippen LogP contribution in [0.1, 0.15) is 42.5 Å². The van der Waals surface area contributed by atoms with Gasteiger partial charge >= 0.3 is 0 Å². The summed E-state index contributed by atoms with van der Waals surface area (Å²) in [5.41, 5.74) is 2.28. The van der Waals surface area contributed by atoms with Gasteiger partial charge in [-0.3, -0.25) is 4.79 Å². The smallest absolute Gasteiger partial charge is 0.230 e. The van der Waals surface area contributed by atoms with Crippen LogP contribution in [0.4, 0.5) is 0 Å². The highest BCUT2D eigenvalue weighted by Gasteiger charge is 2.37. The minimum Gasteiger partial charge on any atom is -0.493 e. The molecule has 1 fully saturated rings. The van der Waals surface area contributed by atoms with Gasteiger partial charge in [0.1, 0.15) is 5.75 Å². The van der Waals surface area contributed by atoms with Crippen LogP contribution in [0.5, 0.6) is 5.75 Å². The van der Waals surface area contributed by atoms with Gasteiger partial charge in [0.05, 0.1) is 18.6 Å². The summed E-state index contributed by atoms with van der Waals surface area (Å²) >= 11 is 0. The summed E-state index contributed by atoms with van der Waals surface area (Å²) in [7, 11) is 2.06. The minimum absolute atomic E-state index is 0.0687. The van der Waals surface area contributed by atoms with Crippen LogP contribution in [0, 0.1) is 0 Å². The first-order valence-electron chi connectivity index (χ1n) is 8.39. The number of para-hydroxylation sites is 1. The van der Waals surface area contributed by atoms with Gasteiger partial charge in [-0.2, -0.15) is 0 Å². The third kappa shape index (κ3) is 2.42. The molecule has 1 aromatic heterocycles. The fourth-order valence-electron chi connectivity index (χ4n) is 3.96. The molecule has 0 radical (unpaired) electrons. The number of ether oxygens (including phenoxy) is 1. The lowest BCUT2D eigenvalue weighted by Crippen LogP contribution is -2.37. The maximum absolute atomic E-state index is 13.2. The Morgan fingerprint density at radius 2 is 2.04 bits per heavy atom. The zero-order chi connectivity index (χ0) is 15.8. The number of amides is 1. The second-order valence-electron chi connectivity index (χ2n) is 6.46. The molecule has 1 amide bonds. The van der Waals surface area contributed by atoms with Crippen LogP contribution >= 0.6 is 0 Å². The lowest BCUT2D eigenvalue weighted by atomic mass is 9.91. The number of rotatable bonds is 2. The molecule has 0 unspecified atom stereocenters. The fourth-order valence-corrected chi connectivity index (χ4v) is 3.96. The molecule has 1 saturated heterocycles. The summed E-state index contributed by atoms with van der Waals surface area (Å²) in [6.45, 7) is 1.48. The van der Waals surface area contributed by atoms with Crippen molar-refractivity contribution in [1.82, 2.24) is 9.47 Å². The van der Waals surface area contributed by atoms with Crippen molar-refractivity contribution in [3.8, 4) is 5.75 Å². The number of aromatic nitrogens is 1. The second-order valence-corrected chi connectivity index (χ2v) is 6.46. The Bertz CT molecular complexity index is 722. The number of nitrogens with zero attached hydrogens (tertiary/aromatic N) is 2. The van der Waals surface area contributed by atoms with Crippen LogP contribution in [0.3, 0.4) is 0 Å². The van der Waals surface area contributed by atoms with Gasteiger partial charge in [-0.1, -0.05) is 18.2 Å². The largest absolute Gasteiger partial charge is 0.493 e. The highest BCUT2D eigenvalue weighted by atomic mass is 16.5. The molecule has 120 valence electrons. The standard InChI is InChI=1S/C19H22N2O2/c1-20-11-4-7-16(20)17-8-5-12-21(17)19(22)15-10-13-23-18-9-3-2-6-14(15)18/h2-4,6-7,9,11,15,17H,5,8,10,12-13H2,1H3/t15-,17+/m1/s1. The fraction of sp³-hybridized carbons (Fsp3) is 0.421. The predicted octanol–water partition coefficient (Wildman–Crippen LogP) is 3.25. The maximum atomic E-state index is 13.2. The van der Waals surface area contributed by atoms with Crippen molar-refractivity contribution in [2.45, 2.75) is 31.2 Å². The summed E-state index contributed by atoms with van der Waals surface area (Å²) in [5.74, 6) is 1.05. The van der Waals surface area contributed by atoms with Crippen molar-refractivity contribution in [2.24, 2.45) is 7.05 Å². The highest BCUT2D eigenvalue weighted by molar-refractivity contribution is 5.85. The van der Waals surface area contributed by atoms with E-state index in [0.29, 0.717) is 6.61 Å². The highest BCUT2D eigenvalue weighted by Crippen LogP contribution is 2.39. The van der Waals surface area contributed by atoms with Crippen LogP contribution in [0.2, 0.25) is 0 Å². The topological polar surface area (TPSA) is 34.5 Å². The van der Waals surface area contributed by atoms with E-state index in [1.54, 1.807) is 0 Å². The molecule has 0 aliphatic carbocycles. The van der Waals surface area contributed by atoms with E-state index in [4.69, 9.17) is 4.74 Å². The molecule has 3 heterocycles. The molecule has 0 N–H and O–H groups in total. The normalized spacial score (nSPS) is 23.4. The van der Waals surface area contributed by atoms with Gasteiger partial charge in [-0.15, -0.1) is 0 Å². The lowest BCUT2D eigenvalue weighted by Gasteiger charge is -2.32. The Morgan fingerprint density at radius 1 is 1.17 bits per heavy atom. The zero-order valence-electron chi connectivity index (χ0n) is 13.4. The molecule has 4 nitrogen and oxygen atoms in total. The van der Waals surface area contributed by atoms with Gasteiger partial charge in [0.2, 0.25) is 5.91 Å². The summed E-state index contributed by atoms with van der Waals surface area (Å²) in [5, 5.41) is 0. The third-order valence-electron chi connectivity index (χ3n) is 5.12. The van der Waals surface area contributed by atoms with Crippen LogP contribution in [0.15, 0.2) is 42.6 Å². The van der Waals surface area contributed by atoms with Gasteiger partial charge in [0, 0.05) is 31.0 Å². The summed E-state index contributed by atoms with van der Waals surface area (Å²) in [6, 6.07) is 12.4. The average molecular weight is 310 g/mol. The molecule has 4 heteroatoms. The number of hydrogen-bond donors (Lipinski definition) is 0. The van der Waals surface area contributed by atoms with Gasteiger partial charge in [-0.25, -0.2) is 0 Å². The summed E-state index contributed by atoms with van der Waals surface area (Å²) in [6.07, 6.45) is 4.95. The Kier molecular flexibility index (Phi) is 3.60. The van der Waals surface area contributed by atoms with Crippen LogP contribution in [-0.2, 0) is 11.8 Å². The molecular weight excluding hydrogens is 288 g/mol. The van der Waals surface area contributed by atoms with Crippen molar-refractivity contribution in [3.05, 3.63) is 53.9 Å². The molecule has 1 aromatic carbocycles.